The van der Waals surface area contributed by atoms with Crippen molar-refractivity contribution >= 4 is 51.1 Å². The number of hydrogen-bond acceptors (Lipinski definition) is 9. The van der Waals surface area contributed by atoms with E-state index in [2.05, 4.69) is 31.3 Å². The zero-order valence-electron chi connectivity index (χ0n) is 19.3. The molecular formula is C25H20ClN9O. The second-order valence-electron chi connectivity index (χ2n) is 8.57. The molecule has 6 rings (SSSR count). The Balaban J connectivity index is 1.24. The van der Waals surface area contributed by atoms with Gasteiger partial charge in [0.05, 0.1) is 40.6 Å². The third-order valence-electron chi connectivity index (χ3n) is 6.14. The van der Waals surface area contributed by atoms with E-state index in [1.807, 2.05) is 40.8 Å². The number of fused-ring (bicyclic) bond motifs is 2. The number of halogens is 1. The summed E-state index contributed by atoms with van der Waals surface area (Å²) in [5.74, 6) is 2.25. The summed E-state index contributed by atoms with van der Waals surface area (Å²) in [7, 11) is 1.95. The Morgan fingerprint density at radius 3 is 2.86 bits per heavy atom. The van der Waals surface area contributed by atoms with Crippen LogP contribution in [0.3, 0.4) is 0 Å². The number of hydrogen-bond donors (Lipinski definition) is 1. The maximum atomic E-state index is 9.21. The van der Waals surface area contributed by atoms with Gasteiger partial charge in [0.2, 0.25) is 5.95 Å². The van der Waals surface area contributed by atoms with Crippen LogP contribution < -0.4 is 15.0 Å². The van der Waals surface area contributed by atoms with Crippen LogP contribution in [0.4, 0.5) is 17.5 Å². The molecule has 0 unspecified atom stereocenters. The minimum Gasteiger partial charge on any atom is -0.456 e. The molecule has 5 aromatic rings. The number of nitrogens with one attached hydrogen (secondary N) is 1. The van der Waals surface area contributed by atoms with Crippen LogP contribution in [-0.2, 0) is 7.05 Å². The smallest absolute Gasteiger partial charge is 0.226 e. The molecule has 1 saturated heterocycles. The fourth-order valence-corrected chi connectivity index (χ4v) is 4.46. The Bertz CT molecular complexity index is 1640. The highest BCUT2D eigenvalue weighted by atomic mass is 35.5. The van der Waals surface area contributed by atoms with Crippen LogP contribution in [0, 0.1) is 17.2 Å². The van der Waals surface area contributed by atoms with Gasteiger partial charge in [0.15, 0.2) is 5.82 Å². The number of ether oxygens (including phenoxy) is 1. The predicted octanol–water partition coefficient (Wildman–Crippen LogP) is 4.85. The summed E-state index contributed by atoms with van der Waals surface area (Å²) < 4.78 is 7.96. The molecule has 1 aliphatic heterocycles. The van der Waals surface area contributed by atoms with Gasteiger partial charge in [-0.3, -0.25) is 0 Å². The van der Waals surface area contributed by atoms with Gasteiger partial charge < -0.3 is 19.5 Å². The molecule has 0 saturated carbocycles. The highest BCUT2D eigenvalue weighted by Gasteiger charge is 2.24. The monoisotopic (exact) mass is 497 g/mol. The van der Waals surface area contributed by atoms with Crippen molar-refractivity contribution in [2.45, 2.75) is 6.42 Å². The van der Waals surface area contributed by atoms with Crippen LogP contribution >= 0.6 is 11.6 Å². The fourth-order valence-electron chi connectivity index (χ4n) is 4.24. The maximum Gasteiger partial charge on any atom is 0.226 e. The first-order chi connectivity index (χ1) is 17.6. The molecule has 11 heteroatoms. The van der Waals surface area contributed by atoms with Crippen LogP contribution in [-0.4, -0.2) is 42.6 Å². The lowest BCUT2D eigenvalue weighted by Crippen LogP contribution is -2.21. The van der Waals surface area contributed by atoms with Crippen molar-refractivity contribution in [1.29, 1.82) is 5.26 Å². The van der Waals surface area contributed by atoms with Crippen LogP contribution in [0.5, 0.6) is 11.5 Å². The summed E-state index contributed by atoms with van der Waals surface area (Å²) in [6, 6.07) is 13.5. The molecule has 178 valence electrons. The lowest BCUT2D eigenvalue weighted by molar-refractivity contribution is 0.483. The molecule has 0 spiro atoms. The highest BCUT2D eigenvalue weighted by Crippen LogP contribution is 2.34. The molecule has 1 atom stereocenters. The van der Waals surface area contributed by atoms with E-state index < -0.39 is 0 Å². The van der Waals surface area contributed by atoms with E-state index in [1.54, 1.807) is 24.7 Å². The van der Waals surface area contributed by atoms with E-state index in [0.29, 0.717) is 45.9 Å². The number of rotatable bonds is 5. The van der Waals surface area contributed by atoms with Gasteiger partial charge in [-0.15, -0.1) is 0 Å². The molecule has 36 heavy (non-hydrogen) atoms. The summed E-state index contributed by atoms with van der Waals surface area (Å²) in [5.41, 5.74) is 3.79. The van der Waals surface area contributed by atoms with Gasteiger partial charge in [0.1, 0.15) is 28.9 Å². The number of imidazole rings is 1. The van der Waals surface area contributed by atoms with E-state index in [4.69, 9.17) is 21.3 Å². The molecule has 4 heterocycles. The molecule has 1 fully saturated rings. The molecule has 0 radical (unpaired) electrons. The first-order valence-corrected chi connectivity index (χ1v) is 11.7. The van der Waals surface area contributed by atoms with Crippen molar-refractivity contribution < 1.29 is 4.74 Å². The second-order valence-corrected chi connectivity index (χ2v) is 8.97. The van der Waals surface area contributed by atoms with Gasteiger partial charge in [-0.2, -0.15) is 5.26 Å². The molecule has 1 aliphatic rings. The number of nitrogens with zero attached hydrogens (tertiary/aromatic N) is 8. The number of nitriles is 1. The minimum atomic E-state index is -0.0114. The largest absolute Gasteiger partial charge is 0.456 e. The average Bonchev–Trinajstić information content (AvgIpc) is 3.52. The van der Waals surface area contributed by atoms with Gasteiger partial charge >= 0.3 is 0 Å². The minimum absolute atomic E-state index is 0.0114. The zero-order chi connectivity index (χ0) is 24.6. The molecular weight excluding hydrogens is 478 g/mol. The maximum absolute atomic E-state index is 9.21. The molecule has 10 nitrogen and oxygen atoms in total. The lowest BCUT2D eigenvalue weighted by atomic mass is 10.1. The topological polar surface area (TPSA) is 118 Å². The van der Waals surface area contributed by atoms with Gasteiger partial charge in [0.25, 0.3) is 0 Å². The Hall–Kier alpha value is -4.49. The molecule has 0 amide bonds. The number of anilines is 3. The van der Waals surface area contributed by atoms with E-state index in [1.165, 1.54) is 6.33 Å². The van der Waals surface area contributed by atoms with Crippen LogP contribution in [0.1, 0.15) is 6.42 Å². The van der Waals surface area contributed by atoms with E-state index in [0.717, 1.165) is 29.7 Å². The third-order valence-corrected chi connectivity index (χ3v) is 6.43. The summed E-state index contributed by atoms with van der Waals surface area (Å²) in [6.45, 7) is 1.35. The zero-order valence-corrected chi connectivity index (χ0v) is 20.0. The Morgan fingerprint density at radius 1 is 1.11 bits per heavy atom. The summed E-state index contributed by atoms with van der Waals surface area (Å²) in [5, 5.41) is 12.9. The molecule has 0 aliphatic carbocycles. The van der Waals surface area contributed by atoms with Crippen molar-refractivity contribution in [3.63, 3.8) is 0 Å². The number of aryl methyl sites for hydroxylation is 1. The van der Waals surface area contributed by atoms with E-state index in [-0.39, 0.29) is 5.92 Å². The van der Waals surface area contributed by atoms with Crippen molar-refractivity contribution in [2.24, 2.45) is 13.0 Å². The van der Waals surface area contributed by atoms with Crippen LogP contribution in [0.25, 0.3) is 22.1 Å². The number of aromatic nitrogens is 6. The van der Waals surface area contributed by atoms with Gasteiger partial charge in [-0.25, -0.2) is 24.9 Å². The average molecular weight is 498 g/mol. The Labute approximate surface area is 211 Å². The molecule has 1 N–H and O–H groups in total. The van der Waals surface area contributed by atoms with Crippen LogP contribution in [0.2, 0.25) is 5.02 Å². The lowest BCUT2D eigenvalue weighted by Gasteiger charge is -2.16. The summed E-state index contributed by atoms with van der Waals surface area (Å²) >= 11 is 6.55. The highest BCUT2D eigenvalue weighted by molar-refractivity contribution is 6.32. The summed E-state index contributed by atoms with van der Waals surface area (Å²) in [4.78, 5) is 24.2. The van der Waals surface area contributed by atoms with E-state index in [9.17, 15) is 5.26 Å². The Morgan fingerprint density at radius 2 is 2.03 bits per heavy atom. The fraction of sp³-hybridized carbons (Fsp3) is 0.200. The quantitative estimate of drug-likeness (QED) is 0.363. The number of benzene rings is 2. The van der Waals surface area contributed by atoms with Crippen molar-refractivity contribution in [2.75, 3.05) is 23.3 Å². The summed E-state index contributed by atoms with van der Waals surface area (Å²) in [6.07, 6.45) is 5.70. The normalized spacial score (nSPS) is 15.4. The Kier molecular flexibility index (Phi) is 5.47. The first-order valence-electron chi connectivity index (χ1n) is 11.4. The van der Waals surface area contributed by atoms with Crippen LogP contribution in [0.15, 0.2) is 55.2 Å². The van der Waals surface area contributed by atoms with Crippen molar-refractivity contribution in [3.8, 4) is 17.6 Å². The van der Waals surface area contributed by atoms with Crippen molar-refractivity contribution in [3.05, 3.63) is 60.3 Å². The molecule has 0 bridgehead atoms. The van der Waals surface area contributed by atoms with Gasteiger partial charge in [-0.1, -0.05) is 11.6 Å². The molecule has 2 aromatic carbocycles. The van der Waals surface area contributed by atoms with Gasteiger partial charge in [0, 0.05) is 31.9 Å². The third kappa shape index (κ3) is 4.10. The van der Waals surface area contributed by atoms with Gasteiger partial charge in [-0.05, 0) is 36.8 Å². The SMILES string of the molecule is Cn1cnc2cc(Oc3ccc(Nc4ncnc5cnc(N6CC[C@H](C#N)C6)nc45)cc3Cl)ccc21. The molecule has 3 aromatic heterocycles. The standard InChI is InChI=1S/C25H20ClN9O/c1-34-14-31-19-9-17(3-4-21(19)34)36-22-5-2-16(8-18(22)26)32-24-23-20(29-13-30-24)11-28-25(33-23)35-7-6-15(10-27)12-35/h2-5,8-9,11,13-15H,6-7,12H2,1H3,(H,29,30,32)/t15-/m1/s1. The predicted molar refractivity (Wildman–Crippen MR) is 137 cm³/mol. The first kappa shape index (κ1) is 22.0. The van der Waals surface area contributed by atoms with Crippen molar-refractivity contribution in [1.82, 2.24) is 29.5 Å². The second kappa shape index (κ2) is 8.94. The van der Waals surface area contributed by atoms with E-state index >= 15 is 0 Å².